The van der Waals surface area contributed by atoms with Gasteiger partial charge in [0.25, 0.3) is 0 Å². The predicted molar refractivity (Wildman–Crippen MR) is 54.2 cm³/mol. The van der Waals surface area contributed by atoms with Crippen molar-refractivity contribution in [3.8, 4) is 0 Å². The van der Waals surface area contributed by atoms with Crippen LogP contribution in [0.2, 0.25) is 0 Å². The molecule has 0 unspecified atom stereocenters. The molecule has 0 atom stereocenters. The van der Waals surface area contributed by atoms with Crippen molar-refractivity contribution < 1.29 is 9.78 Å². The smallest absolute Gasteiger partial charge is 0.427 e. The van der Waals surface area contributed by atoms with Crippen molar-refractivity contribution in [2.45, 2.75) is 13.3 Å². The Morgan fingerprint density at radius 1 is 1.77 bits per heavy atom. The third-order valence-electron chi connectivity index (χ3n) is 1.80. The van der Waals surface area contributed by atoms with Gasteiger partial charge in [-0.3, -0.25) is 0 Å². The highest BCUT2D eigenvalue weighted by Crippen LogP contribution is 2.15. The summed E-state index contributed by atoms with van der Waals surface area (Å²) in [6.07, 6.45) is 7.63. The van der Waals surface area contributed by atoms with Crippen molar-refractivity contribution in [3.63, 3.8) is 0 Å². The molecule has 1 rings (SSSR count). The fraction of sp³-hybridized carbons (Fsp3) is 0.222. The Bertz CT molecular complexity index is 281. The van der Waals surface area contributed by atoms with E-state index < -0.39 is 7.12 Å². The molecule has 1 aliphatic rings. The lowest BCUT2D eigenvalue weighted by molar-refractivity contribution is 0.282. The molecule has 4 heteroatoms. The lowest BCUT2D eigenvalue weighted by Gasteiger charge is -2.13. The molecule has 0 spiro atoms. The summed E-state index contributed by atoms with van der Waals surface area (Å²) in [6.45, 7) is 5.56. The second kappa shape index (κ2) is 4.67. The molecule has 0 aromatic rings. The molecule has 0 saturated carbocycles. The maximum Gasteiger partial charge on any atom is 0.583 e. The minimum Gasteiger partial charge on any atom is -0.427 e. The molecule has 3 nitrogen and oxygen atoms in total. The van der Waals surface area contributed by atoms with Gasteiger partial charge in [0.05, 0.1) is 6.21 Å². The van der Waals surface area contributed by atoms with E-state index in [1.807, 2.05) is 6.92 Å². The third-order valence-corrected chi connectivity index (χ3v) is 1.80. The minimum absolute atomic E-state index is 0.748. The quantitative estimate of drug-likeness (QED) is 0.523. The van der Waals surface area contributed by atoms with Crippen LogP contribution in [0.25, 0.3) is 0 Å². The Labute approximate surface area is 78.2 Å². The maximum atomic E-state index is 9.42. The van der Waals surface area contributed by atoms with Gasteiger partial charge in [-0.05, 0) is 12.0 Å². The van der Waals surface area contributed by atoms with Crippen LogP contribution in [-0.2, 0) is 4.76 Å². The molecular weight excluding hydrogens is 165 g/mol. The zero-order valence-electron chi connectivity index (χ0n) is 7.60. The van der Waals surface area contributed by atoms with Gasteiger partial charge in [-0.2, -0.15) is 0 Å². The molecule has 0 amide bonds. The molecule has 0 aromatic heterocycles. The summed E-state index contributed by atoms with van der Waals surface area (Å²) in [5.74, 6) is 0. The molecule has 1 heterocycles. The summed E-state index contributed by atoms with van der Waals surface area (Å²) < 4.78 is 4.70. The molecule has 13 heavy (non-hydrogen) atoms. The zero-order valence-corrected chi connectivity index (χ0v) is 7.60. The van der Waals surface area contributed by atoms with Crippen LogP contribution in [0.1, 0.15) is 13.3 Å². The van der Waals surface area contributed by atoms with Crippen LogP contribution in [-0.4, -0.2) is 18.4 Å². The molecule has 0 aromatic carbocycles. The highest BCUT2D eigenvalue weighted by Gasteiger charge is 2.24. The average molecular weight is 177 g/mol. The second-order valence-electron chi connectivity index (χ2n) is 2.62. The highest BCUT2D eigenvalue weighted by atomic mass is 16.6. The predicted octanol–water partition coefficient (Wildman–Crippen LogP) is 1.47. The molecule has 0 saturated heterocycles. The molecule has 1 N–H and O–H groups in total. The first-order valence-electron chi connectivity index (χ1n) is 4.19. The average Bonchev–Trinajstić information content (AvgIpc) is 2.15. The zero-order chi connectivity index (χ0) is 9.68. The molecule has 0 radical (unpaired) electrons. The fourth-order valence-corrected chi connectivity index (χ4v) is 1.10. The van der Waals surface area contributed by atoms with Gasteiger partial charge in [-0.15, -0.1) is 5.16 Å². The summed E-state index contributed by atoms with van der Waals surface area (Å²) in [6, 6.07) is 0. The Balaban J connectivity index is 2.94. The van der Waals surface area contributed by atoms with Crippen molar-refractivity contribution in [1.82, 2.24) is 0 Å². The summed E-state index contributed by atoms with van der Waals surface area (Å²) >= 11 is 0. The van der Waals surface area contributed by atoms with E-state index in [9.17, 15) is 5.02 Å². The van der Waals surface area contributed by atoms with Crippen LogP contribution in [0.5, 0.6) is 0 Å². The van der Waals surface area contributed by atoms with Crippen LogP contribution in [0, 0.1) is 0 Å². The lowest BCUT2D eigenvalue weighted by atomic mass is 9.74. The molecule has 68 valence electrons. The SMILES string of the molecule is C=C/C=C\C1=C(CC)C=NOB1O. The Kier molecular flexibility index (Phi) is 3.52. The topological polar surface area (TPSA) is 41.8 Å². The Morgan fingerprint density at radius 2 is 2.54 bits per heavy atom. The number of oxime groups is 1. The van der Waals surface area contributed by atoms with Crippen molar-refractivity contribution in [2.75, 3.05) is 0 Å². The summed E-state index contributed by atoms with van der Waals surface area (Å²) in [5, 5.41) is 13.0. The van der Waals surface area contributed by atoms with Gasteiger partial charge in [0.15, 0.2) is 0 Å². The monoisotopic (exact) mass is 177 g/mol. The Hall–Kier alpha value is -1.29. The van der Waals surface area contributed by atoms with E-state index in [2.05, 4.69) is 11.7 Å². The van der Waals surface area contributed by atoms with E-state index in [0.717, 1.165) is 17.5 Å². The summed E-state index contributed by atoms with van der Waals surface area (Å²) in [5.41, 5.74) is 1.73. The van der Waals surface area contributed by atoms with E-state index >= 15 is 0 Å². The van der Waals surface area contributed by atoms with Gasteiger partial charge in [0, 0.05) is 5.47 Å². The van der Waals surface area contributed by atoms with Crippen molar-refractivity contribution >= 4 is 13.3 Å². The van der Waals surface area contributed by atoms with E-state index in [0.29, 0.717) is 0 Å². The van der Waals surface area contributed by atoms with Gasteiger partial charge < -0.3 is 9.78 Å². The Morgan fingerprint density at radius 3 is 3.15 bits per heavy atom. The minimum atomic E-state index is -0.948. The normalized spacial score (nSPS) is 16.6. The van der Waals surface area contributed by atoms with Crippen LogP contribution in [0.4, 0.5) is 0 Å². The number of hydrogen-bond acceptors (Lipinski definition) is 3. The maximum absolute atomic E-state index is 9.42. The molecule has 0 fully saturated rings. The molecule has 0 bridgehead atoms. The largest absolute Gasteiger partial charge is 0.583 e. The first kappa shape index (κ1) is 9.80. The number of hydrogen-bond donors (Lipinski definition) is 1. The number of nitrogens with zero attached hydrogens (tertiary/aromatic N) is 1. The van der Waals surface area contributed by atoms with E-state index in [4.69, 9.17) is 4.76 Å². The first-order chi connectivity index (χ1) is 6.29. The van der Waals surface area contributed by atoms with Crippen LogP contribution in [0.15, 0.2) is 41.0 Å². The van der Waals surface area contributed by atoms with E-state index in [-0.39, 0.29) is 0 Å². The molecule has 0 aliphatic carbocycles. The van der Waals surface area contributed by atoms with Gasteiger partial charge in [-0.1, -0.05) is 31.7 Å². The third kappa shape index (κ3) is 2.32. The van der Waals surface area contributed by atoms with Gasteiger partial charge >= 0.3 is 7.12 Å². The highest BCUT2D eigenvalue weighted by molar-refractivity contribution is 6.54. The van der Waals surface area contributed by atoms with Crippen LogP contribution < -0.4 is 0 Å². The van der Waals surface area contributed by atoms with E-state index in [1.165, 1.54) is 0 Å². The van der Waals surface area contributed by atoms with Crippen molar-refractivity contribution in [3.05, 3.63) is 35.9 Å². The number of allylic oxidation sites excluding steroid dienone is 5. The van der Waals surface area contributed by atoms with Gasteiger partial charge in [0.1, 0.15) is 0 Å². The molecule has 1 aliphatic heterocycles. The second-order valence-corrected chi connectivity index (χ2v) is 2.62. The van der Waals surface area contributed by atoms with Crippen molar-refractivity contribution in [2.24, 2.45) is 5.16 Å². The standard InChI is InChI=1S/C9H12BNO2/c1-3-5-6-9-8(4-2)7-11-13-10(9)12/h3,5-7,12H,1,4H2,2H3/b6-5-. The van der Waals surface area contributed by atoms with Crippen LogP contribution in [0.3, 0.4) is 0 Å². The first-order valence-corrected chi connectivity index (χ1v) is 4.19. The number of rotatable bonds is 3. The fourth-order valence-electron chi connectivity index (χ4n) is 1.10. The molecular formula is C9H12BNO2. The van der Waals surface area contributed by atoms with Crippen LogP contribution >= 0.6 is 0 Å². The van der Waals surface area contributed by atoms with E-state index in [1.54, 1.807) is 24.4 Å². The summed E-state index contributed by atoms with van der Waals surface area (Å²) in [7, 11) is -0.948. The summed E-state index contributed by atoms with van der Waals surface area (Å²) in [4.78, 5) is 0. The lowest BCUT2D eigenvalue weighted by Crippen LogP contribution is -2.23. The van der Waals surface area contributed by atoms with Crippen molar-refractivity contribution in [1.29, 1.82) is 0 Å². The van der Waals surface area contributed by atoms with Gasteiger partial charge in [0.2, 0.25) is 0 Å². The van der Waals surface area contributed by atoms with Gasteiger partial charge in [-0.25, -0.2) is 0 Å².